The van der Waals surface area contributed by atoms with Gasteiger partial charge in [-0.1, -0.05) is 19.1 Å². The molecule has 0 atom stereocenters. The van der Waals surface area contributed by atoms with Crippen LogP contribution in [0, 0.1) is 5.82 Å². The molecule has 0 spiro atoms. The van der Waals surface area contributed by atoms with Crippen LogP contribution in [-0.2, 0) is 16.4 Å². The second kappa shape index (κ2) is 7.55. The summed E-state index contributed by atoms with van der Waals surface area (Å²) in [6, 6.07) is 10.6. The third-order valence-electron chi connectivity index (χ3n) is 3.54. The Balaban J connectivity index is 2.29. The highest BCUT2D eigenvalue weighted by Crippen LogP contribution is 2.20. The molecular formula is C19H23FN2O3S. The van der Waals surface area contributed by atoms with Gasteiger partial charge in [-0.05, 0) is 63.1 Å². The first-order chi connectivity index (χ1) is 12.0. The van der Waals surface area contributed by atoms with E-state index < -0.39 is 32.2 Å². The molecule has 2 N–H and O–H groups in total. The predicted molar refractivity (Wildman–Crippen MR) is 100 cm³/mol. The van der Waals surface area contributed by atoms with Crippen LogP contribution in [0.15, 0.2) is 47.4 Å². The number of anilines is 1. The minimum absolute atomic E-state index is 0.0558. The highest BCUT2D eigenvalue weighted by molar-refractivity contribution is 7.89. The highest BCUT2D eigenvalue weighted by atomic mass is 32.2. The van der Waals surface area contributed by atoms with Gasteiger partial charge in [0.25, 0.3) is 5.91 Å². The molecule has 0 unspecified atom stereocenters. The van der Waals surface area contributed by atoms with E-state index in [1.165, 1.54) is 6.07 Å². The number of hydrogen-bond donors (Lipinski definition) is 2. The summed E-state index contributed by atoms with van der Waals surface area (Å²) in [6.07, 6.45) is 0.883. The van der Waals surface area contributed by atoms with Gasteiger partial charge in [0.15, 0.2) is 0 Å². The Morgan fingerprint density at radius 3 is 2.23 bits per heavy atom. The van der Waals surface area contributed by atoms with Crippen molar-refractivity contribution in [2.75, 3.05) is 5.32 Å². The molecule has 0 aromatic heterocycles. The number of sulfonamides is 1. The van der Waals surface area contributed by atoms with Crippen molar-refractivity contribution in [3.05, 3.63) is 59.4 Å². The summed E-state index contributed by atoms with van der Waals surface area (Å²) in [5.41, 5.74) is 0.991. The van der Waals surface area contributed by atoms with Gasteiger partial charge >= 0.3 is 0 Å². The summed E-state index contributed by atoms with van der Waals surface area (Å²) in [7, 11) is -4.09. The molecule has 0 aliphatic carbocycles. The monoisotopic (exact) mass is 378 g/mol. The Morgan fingerprint density at radius 1 is 1.08 bits per heavy atom. The summed E-state index contributed by atoms with van der Waals surface area (Å²) < 4.78 is 41.2. The molecule has 0 radical (unpaired) electrons. The van der Waals surface area contributed by atoms with Gasteiger partial charge < -0.3 is 5.32 Å². The van der Waals surface area contributed by atoms with Gasteiger partial charge in [-0.3, -0.25) is 4.79 Å². The second-order valence-corrected chi connectivity index (χ2v) is 8.66. The Labute approximate surface area is 153 Å². The van der Waals surface area contributed by atoms with Gasteiger partial charge in [-0.25, -0.2) is 17.5 Å². The number of nitrogens with one attached hydrogen (secondary N) is 2. The molecule has 7 heteroatoms. The van der Waals surface area contributed by atoms with Crippen LogP contribution >= 0.6 is 0 Å². The predicted octanol–water partition coefficient (Wildman–Crippen LogP) is 3.72. The summed E-state index contributed by atoms with van der Waals surface area (Å²) in [5, 5.41) is 2.68. The van der Waals surface area contributed by atoms with E-state index in [9.17, 15) is 17.6 Å². The number of aryl methyl sites for hydroxylation is 1. The fourth-order valence-electron chi connectivity index (χ4n) is 2.34. The maximum Gasteiger partial charge on any atom is 0.255 e. The largest absolute Gasteiger partial charge is 0.322 e. The van der Waals surface area contributed by atoms with Gasteiger partial charge in [-0.2, -0.15) is 0 Å². The van der Waals surface area contributed by atoms with Crippen molar-refractivity contribution in [2.24, 2.45) is 0 Å². The summed E-state index contributed by atoms with van der Waals surface area (Å²) in [6.45, 7) is 6.98. The Morgan fingerprint density at radius 2 is 1.69 bits per heavy atom. The van der Waals surface area contributed by atoms with Gasteiger partial charge in [0, 0.05) is 16.8 Å². The standard InChI is InChI=1S/C19H23FN2O3S/c1-5-13-6-9-15(10-7-13)21-18(23)14-8-11-16(20)17(12-14)26(24,25)22-19(2,3)4/h6-12,22H,5H2,1-4H3,(H,21,23). The second-order valence-electron chi connectivity index (χ2n) is 7.01. The minimum atomic E-state index is -4.09. The first-order valence-corrected chi connectivity index (χ1v) is 9.74. The summed E-state index contributed by atoms with van der Waals surface area (Å²) >= 11 is 0. The van der Waals surface area contributed by atoms with E-state index in [2.05, 4.69) is 10.0 Å². The van der Waals surface area contributed by atoms with Gasteiger partial charge in [0.05, 0.1) is 0 Å². The Kier molecular flexibility index (Phi) is 5.83. The lowest BCUT2D eigenvalue weighted by Crippen LogP contribution is -2.40. The molecule has 5 nitrogen and oxygen atoms in total. The normalized spacial score (nSPS) is 12.0. The van der Waals surface area contributed by atoms with Crippen molar-refractivity contribution < 1.29 is 17.6 Å². The molecule has 2 aromatic rings. The average molecular weight is 378 g/mol. The molecule has 0 aliphatic heterocycles. The lowest BCUT2D eigenvalue weighted by Gasteiger charge is -2.20. The van der Waals surface area contributed by atoms with E-state index in [-0.39, 0.29) is 5.56 Å². The van der Waals surface area contributed by atoms with Crippen molar-refractivity contribution >= 4 is 21.6 Å². The van der Waals surface area contributed by atoms with Crippen molar-refractivity contribution in [3.8, 4) is 0 Å². The smallest absolute Gasteiger partial charge is 0.255 e. The zero-order valence-corrected chi connectivity index (χ0v) is 16.1. The first-order valence-electron chi connectivity index (χ1n) is 8.25. The van der Waals surface area contributed by atoms with E-state index in [0.717, 1.165) is 24.1 Å². The minimum Gasteiger partial charge on any atom is -0.322 e. The van der Waals surface area contributed by atoms with Crippen LogP contribution < -0.4 is 10.0 Å². The fraction of sp³-hybridized carbons (Fsp3) is 0.316. The van der Waals surface area contributed by atoms with Gasteiger partial charge in [-0.15, -0.1) is 0 Å². The molecular weight excluding hydrogens is 355 g/mol. The summed E-state index contributed by atoms with van der Waals surface area (Å²) in [5.74, 6) is -1.42. The van der Waals surface area contributed by atoms with E-state index in [1.807, 2.05) is 19.1 Å². The molecule has 2 rings (SSSR count). The topological polar surface area (TPSA) is 75.3 Å². The number of carbonyl (C=O) groups is 1. The quantitative estimate of drug-likeness (QED) is 0.833. The molecule has 1 amide bonds. The van der Waals surface area contributed by atoms with Crippen LogP contribution in [0.1, 0.15) is 43.6 Å². The molecule has 0 bridgehead atoms. The summed E-state index contributed by atoms with van der Waals surface area (Å²) in [4.78, 5) is 11.8. The number of carbonyl (C=O) groups excluding carboxylic acids is 1. The lowest BCUT2D eigenvalue weighted by atomic mass is 10.1. The molecule has 0 saturated heterocycles. The van der Waals surface area contributed by atoms with Crippen molar-refractivity contribution in [1.82, 2.24) is 4.72 Å². The van der Waals surface area contributed by atoms with E-state index in [1.54, 1.807) is 32.9 Å². The maximum atomic E-state index is 14.1. The Bertz CT molecular complexity index is 901. The number of rotatable bonds is 5. The van der Waals surface area contributed by atoms with Crippen LogP contribution in [0.3, 0.4) is 0 Å². The van der Waals surface area contributed by atoms with Crippen LogP contribution in [0.4, 0.5) is 10.1 Å². The van der Waals surface area contributed by atoms with Crippen LogP contribution in [0.5, 0.6) is 0 Å². The molecule has 2 aromatic carbocycles. The van der Waals surface area contributed by atoms with Crippen LogP contribution in [-0.4, -0.2) is 19.9 Å². The van der Waals surface area contributed by atoms with Crippen molar-refractivity contribution in [2.45, 2.75) is 44.6 Å². The van der Waals surface area contributed by atoms with E-state index >= 15 is 0 Å². The van der Waals surface area contributed by atoms with E-state index in [4.69, 9.17) is 0 Å². The lowest BCUT2D eigenvalue weighted by molar-refractivity contribution is 0.102. The van der Waals surface area contributed by atoms with Crippen molar-refractivity contribution in [1.29, 1.82) is 0 Å². The van der Waals surface area contributed by atoms with Crippen molar-refractivity contribution in [3.63, 3.8) is 0 Å². The Hall–Kier alpha value is -2.25. The average Bonchev–Trinajstić information content (AvgIpc) is 2.53. The molecule has 0 heterocycles. The van der Waals surface area contributed by atoms with Crippen LogP contribution in [0.25, 0.3) is 0 Å². The molecule has 0 fully saturated rings. The maximum absolute atomic E-state index is 14.1. The fourth-order valence-corrected chi connectivity index (χ4v) is 3.86. The van der Waals surface area contributed by atoms with Crippen LogP contribution in [0.2, 0.25) is 0 Å². The number of halogens is 1. The number of amides is 1. The number of hydrogen-bond acceptors (Lipinski definition) is 3. The highest BCUT2D eigenvalue weighted by Gasteiger charge is 2.26. The zero-order chi connectivity index (χ0) is 19.5. The molecule has 0 saturated carbocycles. The first kappa shape index (κ1) is 20.1. The third kappa shape index (κ3) is 5.12. The zero-order valence-electron chi connectivity index (χ0n) is 15.3. The molecule has 0 aliphatic rings. The number of benzene rings is 2. The molecule has 140 valence electrons. The van der Waals surface area contributed by atoms with Gasteiger partial charge in [0.1, 0.15) is 10.7 Å². The third-order valence-corrected chi connectivity index (χ3v) is 5.32. The van der Waals surface area contributed by atoms with E-state index in [0.29, 0.717) is 5.69 Å². The van der Waals surface area contributed by atoms with Gasteiger partial charge in [0.2, 0.25) is 10.0 Å². The molecule has 26 heavy (non-hydrogen) atoms. The SMILES string of the molecule is CCc1ccc(NC(=O)c2ccc(F)c(S(=O)(=O)NC(C)(C)C)c2)cc1.